The summed E-state index contributed by atoms with van der Waals surface area (Å²) in [5.74, 6) is -0.607. The molecule has 6 heteroatoms. The van der Waals surface area contributed by atoms with Gasteiger partial charge in [0.25, 0.3) is 0 Å². The van der Waals surface area contributed by atoms with Crippen LogP contribution >= 0.6 is 0 Å². The predicted molar refractivity (Wildman–Crippen MR) is 121 cm³/mol. The number of hydrogen-bond acceptors (Lipinski definition) is 3. The van der Waals surface area contributed by atoms with Crippen molar-refractivity contribution in [2.75, 3.05) is 32.0 Å². The highest BCUT2D eigenvalue weighted by Gasteiger charge is 2.28. The molecule has 2 amide bonds. The van der Waals surface area contributed by atoms with Crippen LogP contribution in [0.5, 0.6) is 0 Å². The third-order valence-electron chi connectivity index (χ3n) is 5.85. The minimum absolute atomic E-state index is 0.0172. The molecule has 0 aliphatic carbocycles. The van der Waals surface area contributed by atoms with E-state index in [2.05, 4.69) is 10.2 Å². The fourth-order valence-electron chi connectivity index (χ4n) is 4.46. The molecule has 0 spiro atoms. The van der Waals surface area contributed by atoms with Gasteiger partial charge >= 0.3 is 0 Å². The first-order chi connectivity index (χ1) is 14.7. The van der Waals surface area contributed by atoms with Crippen LogP contribution in [-0.2, 0) is 16.1 Å². The summed E-state index contributed by atoms with van der Waals surface area (Å²) in [5.41, 5.74) is 4.90. The fraction of sp³-hybridized carbons (Fsp3) is 0.440. The third-order valence-corrected chi connectivity index (χ3v) is 5.85. The van der Waals surface area contributed by atoms with Gasteiger partial charge in [-0.3, -0.25) is 14.5 Å². The van der Waals surface area contributed by atoms with Gasteiger partial charge in [-0.05, 0) is 69.0 Å². The molecule has 0 saturated carbocycles. The Morgan fingerprint density at radius 2 is 1.87 bits per heavy atom. The maximum absolute atomic E-state index is 13.5. The molecule has 3 rings (SSSR count). The maximum atomic E-state index is 13.5. The molecule has 2 aromatic carbocycles. The lowest BCUT2D eigenvalue weighted by atomic mass is 9.96. The zero-order chi connectivity index (χ0) is 22.5. The molecule has 2 aromatic rings. The van der Waals surface area contributed by atoms with Gasteiger partial charge in [0.1, 0.15) is 5.82 Å². The molecule has 31 heavy (non-hydrogen) atoms. The summed E-state index contributed by atoms with van der Waals surface area (Å²) in [5, 5.41) is 2.96. The van der Waals surface area contributed by atoms with Crippen LogP contribution < -0.4 is 5.32 Å². The number of hydrogen-bond donors (Lipinski definition) is 1. The summed E-state index contributed by atoms with van der Waals surface area (Å²) in [6, 6.07) is 10.7. The Morgan fingerprint density at radius 3 is 2.55 bits per heavy atom. The molecule has 1 aliphatic rings. The van der Waals surface area contributed by atoms with Gasteiger partial charge in [-0.15, -0.1) is 0 Å². The Kier molecular flexibility index (Phi) is 7.44. The number of nitrogens with zero attached hydrogens (tertiary/aromatic N) is 2. The summed E-state index contributed by atoms with van der Waals surface area (Å²) in [4.78, 5) is 29.3. The monoisotopic (exact) mass is 425 g/mol. The van der Waals surface area contributed by atoms with Crippen molar-refractivity contribution >= 4 is 17.5 Å². The number of carbonyl (C=O) groups excluding carboxylic acids is 2. The zero-order valence-corrected chi connectivity index (χ0v) is 18.9. The van der Waals surface area contributed by atoms with E-state index < -0.39 is 0 Å². The highest BCUT2D eigenvalue weighted by molar-refractivity contribution is 5.96. The summed E-state index contributed by atoms with van der Waals surface area (Å²) in [6.45, 7) is 8.12. The van der Waals surface area contributed by atoms with Crippen LogP contribution in [0, 0.1) is 32.5 Å². The van der Waals surface area contributed by atoms with E-state index in [-0.39, 0.29) is 30.1 Å². The average molecular weight is 426 g/mol. The van der Waals surface area contributed by atoms with Gasteiger partial charge in [-0.2, -0.15) is 0 Å². The van der Waals surface area contributed by atoms with E-state index >= 15 is 0 Å². The summed E-state index contributed by atoms with van der Waals surface area (Å²) < 4.78 is 13.5. The quantitative estimate of drug-likeness (QED) is 0.759. The topological polar surface area (TPSA) is 52.7 Å². The van der Waals surface area contributed by atoms with E-state index in [1.165, 1.54) is 17.0 Å². The van der Waals surface area contributed by atoms with Crippen LogP contribution in [0.1, 0.15) is 35.1 Å². The largest absolute Gasteiger partial charge is 0.336 e. The Balaban J connectivity index is 1.56. The Hall–Kier alpha value is -2.73. The first-order valence-corrected chi connectivity index (χ1v) is 10.8. The highest BCUT2D eigenvalue weighted by atomic mass is 19.1. The van der Waals surface area contributed by atoms with E-state index in [4.69, 9.17) is 0 Å². The number of nitrogens with one attached hydrogen (secondary N) is 1. The SMILES string of the molecule is Cc1cc(C)c(NC(=O)CN(C)C(=O)C2CCCN(Cc3cccc(F)c3)C2)c(C)c1. The van der Waals surface area contributed by atoms with E-state index in [0.717, 1.165) is 47.3 Å². The first-order valence-electron chi connectivity index (χ1n) is 10.8. The number of aryl methyl sites for hydroxylation is 3. The smallest absolute Gasteiger partial charge is 0.243 e. The summed E-state index contributed by atoms with van der Waals surface area (Å²) >= 11 is 0. The van der Waals surface area contributed by atoms with Crippen LogP contribution in [0.4, 0.5) is 10.1 Å². The molecule has 1 unspecified atom stereocenters. The number of anilines is 1. The predicted octanol–water partition coefficient (Wildman–Crippen LogP) is 4.06. The van der Waals surface area contributed by atoms with Crippen LogP contribution in [0.3, 0.4) is 0 Å². The molecule has 1 atom stereocenters. The second kappa shape index (κ2) is 10.1. The normalized spacial score (nSPS) is 16.7. The number of amides is 2. The van der Waals surface area contributed by atoms with Gasteiger partial charge in [0.2, 0.25) is 11.8 Å². The molecule has 166 valence electrons. The van der Waals surface area contributed by atoms with Crippen molar-refractivity contribution in [3.63, 3.8) is 0 Å². The Morgan fingerprint density at radius 1 is 1.16 bits per heavy atom. The van der Waals surface area contributed by atoms with Gasteiger partial charge in [-0.1, -0.05) is 29.8 Å². The second-order valence-corrected chi connectivity index (χ2v) is 8.72. The number of carbonyl (C=O) groups is 2. The molecule has 1 N–H and O–H groups in total. The van der Waals surface area contributed by atoms with E-state index in [9.17, 15) is 14.0 Å². The van der Waals surface area contributed by atoms with Gasteiger partial charge in [0.05, 0.1) is 12.5 Å². The van der Waals surface area contributed by atoms with Crippen LogP contribution in [0.15, 0.2) is 36.4 Å². The highest BCUT2D eigenvalue weighted by Crippen LogP contribution is 2.23. The molecule has 0 aromatic heterocycles. The summed E-state index contributed by atoms with van der Waals surface area (Å²) in [7, 11) is 1.68. The molecule has 0 bridgehead atoms. The van der Waals surface area contributed by atoms with Gasteiger partial charge in [0.15, 0.2) is 0 Å². The van der Waals surface area contributed by atoms with Crippen LogP contribution in [-0.4, -0.2) is 48.3 Å². The van der Waals surface area contributed by atoms with E-state index in [1.54, 1.807) is 13.1 Å². The molecule has 1 aliphatic heterocycles. The molecule has 0 radical (unpaired) electrons. The van der Waals surface area contributed by atoms with Crippen molar-refractivity contribution in [2.24, 2.45) is 5.92 Å². The van der Waals surface area contributed by atoms with Crippen LogP contribution in [0.25, 0.3) is 0 Å². The third kappa shape index (κ3) is 6.14. The fourth-order valence-corrected chi connectivity index (χ4v) is 4.46. The van der Waals surface area contributed by atoms with Crippen molar-refractivity contribution in [1.82, 2.24) is 9.80 Å². The van der Waals surface area contributed by atoms with E-state index in [1.807, 2.05) is 39.0 Å². The van der Waals surface area contributed by atoms with Crippen molar-refractivity contribution in [3.8, 4) is 0 Å². The molecule has 1 fully saturated rings. The molecular formula is C25H32FN3O2. The lowest BCUT2D eigenvalue weighted by Crippen LogP contribution is -2.45. The number of likely N-dealkylation sites (tertiary alicyclic amines) is 1. The Labute approximate surface area is 184 Å². The van der Waals surface area contributed by atoms with Crippen molar-refractivity contribution in [2.45, 2.75) is 40.2 Å². The maximum Gasteiger partial charge on any atom is 0.243 e. The lowest BCUT2D eigenvalue weighted by molar-refractivity contribution is -0.138. The Bertz CT molecular complexity index is 937. The average Bonchev–Trinajstić information content (AvgIpc) is 2.70. The van der Waals surface area contributed by atoms with E-state index in [0.29, 0.717) is 13.1 Å². The first kappa shape index (κ1) is 22.9. The number of piperidine rings is 1. The van der Waals surface area contributed by atoms with Crippen LogP contribution in [0.2, 0.25) is 0 Å². The van der Waals surface area contributed by atoms with Crippen molar-refractivity contribution in [3.05, 3.63) is 64.5 Å². The van der Waals surface area contributed by atoms with Gasteiger partial charge < -0.3 is 10.2 Å². The molecule has 1 saturated heterocycles. The van der Waals surface area contributed by atoms with Crippen molar-refractivity contribution in [1.29, 1.82) is 0 Å². The number of benzene rings is 2. The molecule has 5 nitrogen and oxygen atoms in total. The standard InChI is InChI=1S/C25H32FN3O2/c1-17-11-18(2)24(19(3)12-17)27-23(30)16-28(4)25(31)21-8-6-10-29(15-21)14-20-7-5-9-22(26)13-20/h5,7,9,11-13,21H,6,8,10,14-16H2,1-4H3,(H,27,30). The number of rotatable bonds is 6. The zero-order valence-electron chi connectivity index (χ0n) is 18.9. The van der Waals surface area contributed by atoms with Crippen molar-refractivity contribution < 1.29 is 14.0 Å². The number of halogens is 1. The molecular weight excluding hydrogens is 393 g/mol. The minimum atomic E-state index is -0.244. The molecule has 1 heterocycles. The van der Waals surface area contributed by atoms with Gasteiger partial charge in [-0.25, -0.2) is 4.39 Å². The number of likely N-dealkylation sites (N-methyl/N-ethyl adjacent to an activating group) is 1. The lowest BCUT2D eigenvalue weighted by Gasteiger charge is -2.34. The van der Waals surface area contributed by atoms with Gasteiger partial charge in [0, 0.05) is 25.8 Å². The summed E-state index contributed by atoms with van der Waals surface area (Å²) in [6.07, 6.45) is 1.72. The minimum Gasteiger partial charge on any atom is -0.336 e. The second-order valence-electron chi connectivity index (χ2n) is 8.72.